The molecule has 0 unspecified atom stereocenters. The molecule has 3 aromatic rings. The fraction of sp³-hybridized carbons (Fsp3) is 0.160. The van der Waals surface area contributed by atoms with Crippen LogP contribution < -0.4 is 18.9 Å². The number of carboxylic acid groups (broad SMARTS) is 1. The number of benzene rings is 3. The van der Waals surface area contributed by atoms with E-state index in [0.29, 0.717) is 57.1 Å². The zero-order chi connectivity index (χ0) is 24.9. The van der Waals surface area contributed by atoms with Crippen molar-refractivity contribution in [1.29, 1.82) is 0 Å². The summed E-state index contributed by atoms with van der Waals surface area (Å²) in [5.74, 6) is 0.837. The molecule has 0 fully saturated rings. The third-order valence-electron chi connectivity index (χ3n) is 5.86. The van der Waals surface area contributed by atoms with E-state index in [1.165, 1.54) is 6.07 Å². The van der Waals surface area contributed by atoms with Gasteiger partial charge in [-0.05, 0) is 42.0 Å². The summed E-state index contributed by atoms with van der Waals surface area (Å²) in [6.07, 6.45) is 0. The molecule has 0 radical (unpaired) electrons. The Morgan fingerprint density at radius 3 is 2.42 bits per heavy atom. The summed E-state index contributed by atoms with van der Waals surface area (Å²) >= 11 is 1.16. The van der Waals surface area contributed by atoms with E-state index in [2.05, 4.69) is 0 Å². The largest absolute Gasteiger partial charge is 0.486 e. The Hall–Kier alpha value is -3.83. The number of hydrogen-bond donors (Lipinski definition) is 1. The summed E-state index contributed by atoms with van der Waals surface area (Å²) in [5, 5.41) is 10.3. The van der Waals surface area contributed by atoms with Crippen molar-refractivity contribution in [3.05, 3.63) is 77.5 Å². The summed E-state index contributed by atoms with van der Waals surface area (Å²) in [4.78, 5) is 13.6. The summed E-state index contributed by atoms with van der Waals surface area (Å²) in [6.45, 7) is 0.743. The quantitative estimate of drug-likeness (QED) is 0.529. The Balaban J connectivity index is 1.47. The normalized spacial score (nSPS) is 17.1. The fourth-order valence-corrected chi connectivity index (χ4v) is 7.15. The highest BCUT2D eigenvalue weighted by molar-refractivity contribution is 8.08. The maximum Gasteiger partial charge on any atom is 0.354 e. The number of rotatable bonds is 5. The van der Waals surface area contributed by atoms with Gasteiger partial charge in [-0.3, -0.25) is 4.31 Å². The van der Waals surface area contributed by atoms with Crippen molar-refractivity contribution in [1.82, 2.24) is 4.31 Å². The first-order valence-corrected chi connectivity index (χ1v) is 13.2. The Bertz CT molecular complexity index is 1530. The average molecular weight is 526 g/mol. The van der Waals surface area contributed by atoms with Crippen LogP contribution in [-0.4, -0.2) is 43.8 Å². The molecule has 3 aliphatic heterocycles. The van der Waals surface area contributed by atoms with Crippen LogP contribution in [0.1, 0.15) is 11.1 Å². The third kappa shape index (κ3) is 3.80. The van der Waals surface area contributed by atoms with Gasteiger partial charge in [-0.15, -0.1) is 0 Å². The third-order valence-corrected chi connectivity index (χ3v) is 8.77. The van der Waals surface area contributed by atoms with Gasteiger partial charge in [-0.2, -0.15) is 0 Å². The van der Waals surface area contributed by atoms with Crippen LogP contribution in [0.4, 0.5) is 0 Å². The molecule has 3 aliphatic rings. The van der Waals surface area contributed by atoms with Crippen molar-refractivity contribution in [2.75, 3.05) is 20.0 Å². The average Bonchev–Trinajstić information content (AvgIpc) is 3.35. The summed E-state index contributed by atoms with van der Waals surface area (Å²) in [6, 6.07) is 16.7. The minimum absolute atomic E-state index is 0.0378. The molecular formula is C25H19NO8S2. The van der Waals surface area contributed by atoms with Gasteiger partial charge >= 0.3 is 5.97 Å². The first kappa shape index (κ1) is 22.6. The molecule has 3 heterocycles. The van der Waals surface area contributed by atoms with Crippen LogP contribution in [0.2, 0.25) is 0 Å². The molecule has 0 spiro atoms. The van der Waals surface area contributed by atoms with Gasteiger partial charge in [0.05, 0.1) is 16.3 Å². The maximum atomic E-state index is 13.7. The molecule has 36 heavy (non-hydrogen) atoms. The highest BCUT2D eigenvalue weighted by atomic mass is 32.2. The SMILES string of the molecule is O=C(O)C1=C(Sc2ccc3c(c2)OCCO3)c2ccccc2S(=O)(=O)N1Cc1ccc2c(c1)OCO2. The molecule has 0 aliphatic carbocycles. The Morgan fingerprint density at radius 2 is 1.58 bits per heavy atom. The molecule has 0 saturated carbocycles. The van der Waals surface area contributed by atoms with E-state index in [9.17, 15) is 18.3 Å². The second-order valence-electron chi connectivity index (χ2n) is 8.09. The van der Waals surface area contributed by atoms with Crippen molar-refractivity contribution < 1.29 is 37.3 Å². The fourth-order valence-electron chi connectivity index (χ4n) is 4.24. The number of fused-ring (bicyclic) bond motifs is 3. The molecule has 11 heteroatoms. The van der Waals surface area contributed by atoms with Gasteiger partial charge in [0, 0.05) is 10.5 Å². The summed E-state index contributed by atoms with van der Waals surface area (Å²) in [7, 11) is -4.16. The molecule has 0 bridgehead atoms. The Labute approximate surface area is 210 Å². The van der Waals surface area contributed by atoms with E-state index in [0.717, 1.165) is 16.1 Å². The highest BCUT2D eigenvalue weighted by Crippen LogP contribution is 2.47. The van der Waals surface area contributed by atoms with E-state index in [1.54, 1.807) is 54.6 Å². The lowest BCUT2D eigenvalue weighted by Crippen LogP contribution is -2.37. The van der Waals surface area contributed by atoms with Gasteiger partial charge in [-0.1, -0.05) is 36.0 Å². The number of carbonyl (C=O) groups is 1. The van der Waals surface area contributed by atoms with Crippen molar-refractivity contribution in [2.24, 2.45) is 0 Å². The van der Waals surface area contributed by atoms with Crippen LogP contribution in [0.5, 0.6) is 23.0 Å². The molecular weight excluding hydrogens is 506 g/mol. The van der Waals surface area contributed by atoms with Crippen LogP contribution in [0.3, 0.4) is 0 Å². The number of carboxylic acids is 1. The van der Waals surface area contributed by atoms with Crippen LogP contribution >= 0.6 is 11.8 Å². The Morgan fingerprint density at radius 1 is 0.889 bits per heavy atom. The first-order valence-electron chi connectivity index (χ1n) is 11.0. The Kier molecular flexibility index (Phi) is 5.45. The van der Waals surface area contributed by atoms with Crippen LogP contribution in [0.25, 0.3) is 4.91 Å². The van der Waals surface area contributed by atoms with Crippen molar-refractivity contribution in [3.8, 4) is 23.0 Å². The standard InChI is InChI=1S/C25H19NO8S2/c27-25(28)23-24(35-16-6-8-18-21(12-16)32-10-9-31-18)17-3-1-2-4-22(17)36(29,30)26(23)13-15-5-7-19-20(11-15)34-14-33-19/h1-8,11-12H,9-10,13-14H2,(H,27,28). The molecule has 1 N–H and O–H groups in total. The molecule has 0 saturated heterocycles. The van der Waals surface area contributed by atoms with E-state index in [1.807, 2.05) is 0 Å². The van der Waals surface area contributed by atoms with Gasteiger partial charge in [0.1, 0.15) is 13.2 Å². The van der Waals surface area contributed by atoms with Crippen LogP contribution in [0.15, 0.2) is 76.2 Å². The second-order valence-corrected chi connectivity index (χ2v) is 11.0. The second kappa shape index (κ2) is 8.68. The topological polar surface area (TPSA) is 112 Å². The predicted octanol–water partition coefficient (Wildman–Crippen LogP) is 3.94. The van der Waals surface area contributed by atoms with Gasteiger partial charge in [0.15, 0.2) is 28.7 Å². The summed E-state index contributed by atoms with van der Waals surface area (Å²) in [5.41, 5.74) is 0.563. The molecule has 184 valence electrons. The van der Waals surface area contributed by atoms with Crippen molar-refractivity contribution in [2.45, 2.75) is 16.3 Å². The minimum atomic E-state index is -4.16. The monoisotopic (exact) mass is 525 g/mol. The zero-order valence-corrected chi connectivity index (χ0v) is 20.3. The van der Waals surface area contributed by atoms with Gasteiger partial charge in [0.25, 0.3) is 10.0 Å². The molecule has 3 aromatic carbocycles. The van der Waals surface area contributed by atoms with E-state index >= 15 is 0 Å². The van der Waals surface area contributed by atoms with Crippen LogP contribution in [0, 0.1) is 0 Å². The molecule has 0 aromatic heterocycles. The lowest BCUT2D eigenvalue weighted by Gasteiger charge is -2.32. The molecule has 9 nitrogen and oxygen atoms in total. The number of thioether (sulfide) groups is 1. The highest BCUT2D eigenvalue weighted by Gasteiger charge is 2.40. The number of sulfonamides is 1. The molecule has 6 rings (SSSR count). The number of aliphatic carboxylic acids is 1. The minimum Gasteiger partial charge on any atom is -0.486 e. The van der Waals surface area contributed by atoms with E-state index < -0.39 is 16.0 Å². The number of ether oxygens (including phenoxy) is 4. The number of nitrogens with zero attached hydrogens (tertiary/aromatic N) is 1. The predicted molar refractivity (Wildman–Crippen MR) is 130 cm³/mol. The zero-order valence-electron chi connectivity index (χ0n) is 18.7. The van der Waals surface area contributed by atoms with E-state index in [-0.39, 0.29) is 23.9 Å². The molecule has 0 amide bonds. The van der Waals surface area contributed by atoms with Crippen molar-refractivity contribution in [3.63, 3.8) is 0 Å². The van der Waals surface area contributed by atoms with Gasteiger partial charge in [-0.25, -0.2) is 13.2 Å². The van der Waals surface area contributed by atoms with Crippen molar-refractivity contribution >= 4 is 32.7 Å². The lowest BCUT2D eigenvalue weighted by molar-refractivity contribution is -0.133. The lowest BCUT2D eigenvalue weighted by atomic mass is 10.1. The molecule has 0 atom stereocenters. The van der Waals surface area contributed by atoms with Crippen LogP contribution in [-0.2, 0) is 21.4 Å². The van der Waals surface area contributed by atoms with E-state index in [4.69, 9.17) is 18.9 Å². The van der Waals surface area contributed by atoms with Gasteiger partial charge < -0.3 is 24.1 Å². The first-order chi connectivity index (χ1) is 17.4. The number of hydrogen-bond acceptors (Lipinski definition) is 8. The van der Waals surface area contributed by atoms with Gasteiger partial charge in [0.2, 0.25) is 6.79 Å². The summed E-state index contributed by atoms with van der Waals surface area (Å²) < 4.78 is 50.3. The maximum absolute atomic E-state index is 13.7. The smallest absolute Gasteiger partial charge is 0.354 e.